The molecule has 1 saturated carbocycles. The van der Waals surface area contributed by atoms with Gasteiger partial charge in [-0.3, -0.25) is 0 Å². The predicted molar refractivity (Wildman–Crippen MR) is 84.0 cm³/mol. The minimum absolute atomic E-state index is 0.517. The Bertz CT molecular complexity index is 586. The van der Waals surface area contributed by atoms with Gasteiger partial charge in [0.25, 0.3) is 0 Å². The molecule has 0 amide bonds. The first kappa shape index (κ1) is 13.2. The van der Waals surface area contributed by atoms with E-state index in [2.05, 4.69) is 43.6 Å². The van der Waals surface area contributed by atoms with Crippen LogP contribution in [0.2, 0.25) is 5.02 Å². The summed E-state index contributed by atoms with van der Waals surface area (Å²) in [6.45, 7) is 2.07. The fraction of sp³-hybridized carbons (Fsp3) is 0.375. The van der Waals surface area contributed by atoms with Crippen molar-refractivity contribution in [3.63, 3.8) is 0 Å². The Hall–Kier alpha value is -0.830. The number of thiophene rings is 1. The molecule has 1 aliphatic carbocycles. The summed E-state index contributed by atoms with van der Waals surface area (Å²) in [6.07, 6.45) is 2.70. The first-order valence-electron chi connectivity index (χ1n) is 6.72. The van der Waals surface area contributed by atoms with E-state index in [0.29, 0.717) is 6.04 Å². The van der Waals surface area contributed by atoms with Crippen molar-refractivity contribution in [2.24, 2.45) is 5.92 Å². The van der Waals surface area contributed by atoms with Gasteiger partial charge in [-0.1, -0.05) is 23.7 Å². The molecule has 3 rings (SSSR count). The molecule has 1 fully saturated rings. The molecule has 0 saturated heterocycles. The standard InChI is InChI=1S/C16H18ClNS/c1-10-3-6-12(13(17)9-10)14-7-8-15(19-14)16(18-2)11-4-5-11/h3,6-9,11,16,18H,4-5H2,1-2H3. The fourth-order valence-corrected chi connectivity index (χ4v) is 4.17. The van der Waals surface area contributed by atoms with Gasteiger partial charge in [0.15, 0.2) is 0 Å². The average molecular weight is 292 g/mol. The molecule has 0 bridgehead atoms. The van der Waals surface area contributed by atoms with Crippen molar-refractivity contribution < 1.29 is 0 Å². The first-order valence-corrected chi connectivity index (χ1v) is 7.92. The summed E-state index contributed by atoms with van der Waals surface area (Å²) in [4.78, 5) is 2.69. The third-order valence-corrected chi connectivity index (χ3v) is 5.24. The summed E-state index contributed by atoms with van der Waals surface area (Å²) in [5, 5.41) is 4.29. The number of hydrogen-bond donors (Lipinski definition) is 1. The molecule has 1 aromatic heterocycles. The first-order chi connectivity index (χ1) is 9.19. The summed E-state index contributed by atoms with van der Waals surface area (Å²) in [6, 6.07) is 11.2. The molecular weight excluding hydrogens is 274 g/mol. The highest BCUT2D eigenvalue weighted by molar-refractivity contribution is 7.15. The molecule has 100 valence electrons. The van der Waals surface area contributed by atoms with E-state index in [1.165, 1.54) is 28.2 Å². The van der Waals surface area contributed by atoms with Gasteiger partial charge in [0.05, 0.1) is 0 Å². The van der Waals surface area contributed by atoms with E-state index in [1.807, 2.05) is 17.4 Å². The average Bonchev–Trinajstić information content (AvgIpc) is 3.09. The van der Waals surface area contributed by atoms with Crippen LogP contribution in [0.25, 0.3) is 10.4 Å². The molecule has 1 aromatic carbocycles. The van der Waals surface area contributed by atoms with Crippen LogP contribution in [0.5, 0.6) is 0 Å². The van der Waals surface area contributed by atoms with Gasteiger partial charge in [0.2, 0.25) is 0 Å². The van der Waals surface area contributed by atoms with Crippen molar-refractivity contribution in [1.29, 1.82) is 0 Å². The van der Waals surface area contributed by atoms with Crippen molar-refractivity contribution >= 4 is 22.9 Å². The lowest BCUT2D eigenvalue weighted by Gasteiger charge is -2.12. The third-order valence-electron chi connectivity index (χ3n) is 3.73. The van der Waals surface area contributed by atoms with Gasteiger partial charge in [-0.15, -0.1) is 11.3 Å². The highest BCUT2D eigenvalue weighted by Gasteiger charge is 2.32. The van der Waals surface area contributed by atoms with Crippen molar-refractivity contribution in [3.05, 3.63) is 45.8 Å². The molecule has 2 aromatic rings. The van der Waals surface area contributed by atoms with E-state index in [0.717, 1.165) is 16.5 Å². The van der Waals surface area contributed by atoms with E-state index in [4.69, 9.17) is 11.6 Å². The summed E-state index contributed by atoms with van der Waals surface area (Å²) >= 11 is 8.21. The zero-order valence-corrected chi connectivity index (χ0v) is 12.8. The molecule has 19 heavy (non-hydrogen) atoms. The minimum atomic E-state index is 0.517. The molecule has 1 atom stereocenters. The van der Waals surface area contributed by atoms with Crippen LogP contribution in [-0.4, -0.2) is 7.05 Å². The Morgan fingerprint density at radius 2 is 2.05 bits per heavy atom. The number of rotatable bonds is 4. The largest absolute Gasteiger partial charge is 0.312 e. The molecule has 3 heteroatoms. The molecule has 1 N–H and O–H groups in total. The van der Waals surface area contributed by atoms with Gasteiger partial charge in [-0.2, -0.15) is 0 Å². The Kier molecular flexibility index (Phi) is 3.66. The normalized spacial score (nSPS) is 16.6. The molecule has 0 aliphatic heterocycles. The quantitative estimate of drug-likeness (QED) is 0.831. The van der Waals surface area contributed by atoms with Gasteiger partial charge < -0.3 is 5.32 Å². The van der Waals surface area contributed by atoms with E-state index in [9.17, 15) is 0 Å². The summed E-state index contributed by atoms with van der Waals surface area (Å²) < 4.78 is 0. The van der Waals surface area contributed by atoms with Crippen LogP contribution in [0.15, 0.2) is 30.3 Å². The topological polar surface area (TPSA) is 12.0 Å². The molecule has 0 radical (unpaired) electrons. The number of nitrogens with one attached hydrogen (secondary N) is 1. The Labute approximate surface area is 123 Å². The summed E-state index contributed by atoms with van der Waals surface area (Å²) in [5.74, 6) is 0.824. The van der Waals surface area contributed by atoms with E-state index < -0.39 is 0 Å². The Balaban J connectivity index is 1.91. The van der Waals surface area contributed by atoms with Crippen LogP contribution in [0.3, 0.4) is 0 Å². The zero-order valence-electron chi connectivity index (χ0n) is 11.2. The number of halogens is 1. The van der Waals surface area contributed by atoms with Crippen molar-refractivity contribution in [1.82, 2.24) is 5.32 Å². The van der Waals surface area contributed by atoms with Crippen LogP contribution in [0.1, 0.15) is 29.3 Å². The van der Waals surface area contributed by atoms with Crippen molar-refractivity contribution in [2.45, 2.75) is 25.8 Å². The lowest BCUT2D eigenvalue weighted by Crippen LogP contribution is -2.16. The van der Waals surface area contributed by atoms with E-state index >= 15 is 0 Å². The highest BCUT2D eigenvalue weighted by atomic mass is 35.5. The number of aryl methyl sites for hydroxylation is 1. The van der Waals surface area contributed by atoms with Crippen LogP contribution in [0, 0.1) is 12.8 Å². The molecule has 1 nitrogen and oxygen atoms in total. The second-order valence-electron chi connectivity index (χ2n) is 5.29. The van der Waals surface area contributed by atoms with Gasteiger partial charge in [0.1, 0.15) is 0 Å². The third kappa shape index (κ3) is 2.71. The maximum atomic E-state index is 6.35. The molecule has 1 unspecified atom stereocenters. The minimum Gasteiger partial charge on any atom is -0.312 e. The number of hydrogen-bond acceptors (Lipinski definition) is 2. The smallest absolute Gasteiger partial charge is 0.0495 e. The van der Waals surface area contributed by atoms with Crippen molar-refractivity contribution in [2.75, 3.05) is 7.05 Å². The molecule has 0 spiro atoms. The highest BCUT2D eigenvalue weighted by Crippen LogP contribution is 2.44. The Morgan fingerprint density at radius 1 is 1.26 bits per heavy atom. The molecule has 1 heterocycles. The SMILES string of the molecule is CNC(c1ccc(-c2ccc(C)cc2Cl)s1)C1CC1. The van der Waals surface area contributed by atoms with Crippen LogP contribution >= 0.6 is 22.9 Å². The van der Waals surface area contributed by atoms with E-state index in [-0.39, 0.29) is 0 Å². The maximum Gasteiger partial charge on any atom is 0.0495 e. The van der Waals surface area contributed by atoms with Crippen LogP contribution < -0.4 is 5.32 Å². The van der Waals surface area contributed by atoms with Gasteiger partial charge in [0, 0.05) is 26.4 Å². The molecular formula is C16H18ClNS. The monoisotopic (exact) mass is 291 g/mol. The fourth-order valence-electron chi connectivity index (χ4n) is 2.52. The number of benzene rings is 1. The van der Waals surface area contributed by atoms with Gasteiger partial charge >= 0.3 is 0 Å². The van der Waals surface area contributed by atoms with Gasteiger partial charge in [-0.25, -0.2) is 0 Å². The second-order valence-corrected chi connectivity index (χ2v) is 6.81. The predicted octanol–water partition coefficient (Wildman–Crippen LogP) is 5.05. The lowest BCUT2D eigenvalue weighted by molar-refractivity contribution is 0.537. The van der Waals surface area contributed by atoms with Crippen LogP contribution in [0.4, 0.5) is 0 Å². The van der Waals surface area contributed by atoms with E-state index in [1.54, 1.807) is 0 Å². The summed E-state index contributed by atoms with van der Waals surface area (Å²) in [7, 11) is 2.06. The lowest BCUT2D eigenvalue weighted by atomic mass is 10.1. The second kappa shape index (κ2) is 5.28. The maximum absolute atomic E-state index is 6.35. The van der Waals surface area contributed by atoms with Crippen molar-refractivity contribution in [3.8, 4) is 10.4 Å². The Morgan fingerprint density at radius 3 is 2.68 bits per heavy atom. The van der Waals surface area contributed by atoms with Gasteiger partial charge in [-0.05, 0) is 56.5 Å². The van der Waals surface area contributed by atoms with Crippen LogP contribution in [-0.2, 0) is 0 Å². The summed E-state index contributed by atoms with van der Waals surface area (Å²) in [5.41, 5.74) is 2.35. The zero-order chi connectivity index (χ0) is 13.4. The molecule has 1 aliphatic rings.